The Morgan fingerprint density at radius 2 is 1.62 bits per heavy atom. The van der Waals surface area contributed by atoms with Crippen LogP contribution in [0.25, 0.3) is 0 Å². The molecule has 0 radical (unpaired) electrons. The van der Waals surface area contributed by atoms with Crippen molar-refractivity contribution in [2.75, 3.05) is 0 Å². The Morgan fingerprint density at radius 3 is 2.27 bits per heavy atom. The van der Waals surface area contributed by atoms with E-state index in [9.17, 15) is 12.6 Å². The molecule has 1 saturated carbocycles. The molecule has 200 valence electrons. The molecule has 1 unspecified atom stereocenters. The average molecular weight is 540 g/mol. The summed E-state index contributed by atoms with van der Waals surface area (Å²) in [7, 11) is -7.53. The Kier molecular flexibility index (Phi) is 8.20. The maximum Gasteiger partial charge on any atom is 0.290 e. The minimum absolute atomic E-state index is 0.0737. The van der Waals surface area contributed by atoms with E-state index in [2.05, 4.69) is 43.6 Å². The molecule has 0 amide bonds. The zero-order chi connectivity index (χ0) is 26.8. The van der Waals surface area contributed by atoms with Crippen LogP contribution < -0.4 is 0 Å². The molecule has 1 fully saturated rings. The average Bonchev–Trinajstić information content (AvgIpc) is 3.21. The molecule has 4 nitrogen and oxygen atoms in total. The van der Waals surface area contributed by atoms with Crippen LogP contribution in [0.15, 0.2) is 90.8 Å². The Balaban J connectivity index is 1.83. The molecule has 0 heterocycles. The maximum absolute atomic E-state index is 15.0. The molecule has 37 heavy (non-hydrogen) atoms. The van der Waals surface area contributed by atoms with Crippen molar-refractivity contribution in [3.05, 3.63) is 82.8 Å². The molecule has 0 bridgehead atoms. The van der Waals surface area contributed by atoms with Gasteiger partial charge in [0.05, 0.1) is 9.79 Å². The first kappa shape index (κ1) is 27.8. The summed E-state index contributed by atoms with van der Waals surface area (Å²) in [5, 5.41) is 0. The van der Waals surface area contributed by atoms with Crippen LogP contribution in [0.1, 0.15) is 71.8 Å². The smallest absolute Gasteiger partial charge is 0.239 e. The number of aryl methyl sites for hydroxylation is 1. The second kappa shape index (κ2) is 10.9. The highest BCUT2D eigenvalue weighted by Gasteiger charge is 2.47. The van der Waals surface area contributed by atoms with Crippen LogP contribution in [0.5, 0.6) is 0 Å². The van der Waals surface area contributed by atoms with E-state index in [1.807, 2.05) is 13.0 Å². The molecular weight excluding hydrogens is 498 g/mol. The molecule has 0 saturated heterocycles. The highest BCUT2D eigenvalue weighted by atomic mass is 32.3. The standard InChI is InChI=1S/C31H41NO3S2/c1-23(2)11-9-12-25(4)28-20-21-29-30(15-10-22-31(28,29)5)36(33,26-13-7-6-8-14-26)32-37(34,35)27-18-16-24(3)17-19-27/h6-8,10,13-14,16-19,22-23,25,28H,9,11-12,15,20-21H2,1-5H3/t25-,28-,31+,36?/m1/s1. The van der Waals surface area contributed by atoms with Crippen molar-refractivity contribution >= 4 is 19.8 Å². The lowest BCUT2D eigenvalue weighted by molar-refractivity contribution is 0.227. The van der Waals surface area contributed by atoms with E-state index < -0.39 is 19.8 Å². The highest BCUT2D eigenvalue weighted by Crippen LogP contribution is 2.57. The maximum atomic E-state index is 15.0. The van der Waals surface area contributed by atoms with Gasteiger partial charge in [0.1, 0.15) is 9.73 Å². The number of rotatable bonds is 9. The predicted molar refractivity (Wildman–Crippen MR) is 153 cm³/mol. The van der Waals surface area contributed by atoms with Gasteiger partial charge in [0.15, 0.2) is 0 Å². The van der Waals surface area contributed by atoms with Gasteiger partial charge in [-0.25, -0.2) is 4.21 Å². The van der Waals surface area contributed by atoms with Crippen LogP contribution in [-0.4, -0.2) is 12.6 Å². The molecule has 0 spiro atoms. The summed E-state index contributed by atoms with van der Waals surface area (Å²) in [5.41, 5.74) is 1.86. The van der Waals surface area contributed by atoms with Crippen LogP contribution >= 0.6 is 0 Å². The first-order chi connectivity index (χ1) is 17.5. The van der Waals surface area contributed by atoms with Crippen molar-refractivity contribution in [2.24, 2.45) is 26.9 Å². The first-order valence-electron chi connectivity index (χ1n) is 13.5. The van der Waals surface area contributed by atoms with Crippen molar-refractivity contribution in [1.29, 1.82) is 0 Å². The van der Waals surface area contributed by atoms with Crippen molar-refractivity contribution < 1.29 is 12.6 Å². The summed E-state index contributed by atoms with van der Waals surface area (Å²) < 4.78 is 46.3. The number of sulfonamides is 1. The molecule has 0 N–H and O–H groups in total. The number of allylic oxidation sites excluding steroid dienone is 4. The van der Waals surface area contributed by atoms with E-state index >= 15 is 0 Å². The van der Waals surface area contributed by atoms with Gasteiger partial charge in [-0.3, -0.25) is 0 Å². The van der Waals surface area contributed by atoms with Gasteiger partial charge in [0.2, 0.25) is 0 Å². The first-order valence-corrected chi connectivity index (χ1v) is 16.5. The minimum atomic E-state index is -4.14. The third-order valence-electron chi connectivity index (χ3n) is 8.28. The van der Waals surface area contributed by atoms with E-state index in [4.69, 9.17) is 0 Å². The molecule has 2 aromatic rings. The van der Waals surface area contributed by atoms with Gasteiger partial charge in [0.25, 0.3) is 10.0 Å². The summed E-state index contributed by atoms with van der Waals surface area (Å²) in [6, 6.07) is 15.6. The Bertz CT molecular complexity index is 1400. The van der Waals surface area contributed by atoms with Gasteiger partial charge in [-0.2, -0.15) is 8.42 Å². The van der Waals surface area contributed by atoms with Crippen molar-refractivity contribution in [1.82, 2.24) is 0 Å². The molecule has 6 heteroatoms. The molecule has 0 aliphatic heterocycles. The topological polar surface area (TPSA) is 63.6 Å². The van der Waals surface area contributed by atoms with E-state index in [0.717, 1.165) is 24.0 Å². The zero-order valence-corrected chi connectivity index (χ0v) is 24.4. The lowest BCUT2D eigenvalue weighted by Crippen LogP contribution is -2.29. The second-order valence-corrected chi connectivity index (χ2v) is 15.5. The van der Waals surface area contributed by atoms with Gasteiger partial charge < -0.3 is 0 Å². The molecule has 4 rings (SSSR count). The highest BCUT2D eigenvalue weighted by molar-refractivity contribution is 8.05. The third kappa shape index (κ3) is 5.65. The van der Waals surface area contributed by atoms with E-state index in [1.54, 1.807) is 48.5 Å². The molecule has 0 aromatic heterocycles. The number of benzene rings is 2. The second-order valence-electron chi connectivity index (χ2n) is 11.4. The van der Waals surface area contributed by atoms with Crippen molar-refractivity contribution in [3.8, 4) is 0 Å². The fourth-order valence-corrected chi connectivity index (χ4v) is 10.6. The van der Waals surface area contributed by atoms with Gasteiger partial charge >= 0.3 is 0 Å². The van der Waals surface area contributed by atoms with Gasteiger partial charge in [-0.1, -0.05) is 98.8 Å². The quantitative estimate of drug-likeness (QED) is 0.301. The van der Waals surface area contributed by atoms with E-state index in [0.29, 0.717) is 34.0 Å². The van der Waals surface area contributed by atoms with Crippen LogP contribution in [0.3, 0.4) is 0 Å². The summed E-state index contributed by atoms with van der Waals surface area (Å²) in [4.78, 5) is 1.22. The molecule has 2 aliphatic carbocycles. The molecule has 2 aliphatic rings. The summed E-state index contributed by atoms with van der Waals surface area (Å²) in [6.45, 7) is 11.1. The van der Waals surface area contributed by atoms with E-state index in [1.165, 1.54) is 19.3 Å². The fraction of sp³-hybridized carbons (Fsp3) is 0.484. The number of hydrogen-bond acceptors (Lipinski definition) is 3. The minimum Gasteiger partial charge on any atom is -0.239 e. The van der Waals surface area contributed by atoms with Crippen LogP contribution in [0.4, 0.5) is 0 Å². The van der Waals surface area contributed by atoms with E-state index in [-0.39, 0.29) is 10.3 Å². The Labute approximate surface area is 224 Å². The summed E-state index contributed by atoms with van der Waals surface area (Å²) in [6.07, 6.45) is 10.3. The SMILES string of the molecule is Cc1ccc(S(=O)(=O)N=S(=O)(C2=C3CC[C@H]([C@H](C)CCCC(C)C)[C@]3(C)C=CC2)c2ccccc2)cc1. The Morgan fingerprint density at radius 1 is 0.946 bits per heavy atom. The van der Waals surface area contributed by atoms with Crippen LogP contribution in [0, 0.1) is 30.1 Å². The number of fused-ring (bicyclic) bond motifs is 1. The Hall–Kier alpha value is -2.18. The van der Waals surface area contributed by atoms with Gasteiger partial charge in [0, 0.05) is 16.7 Å². The van der Waals surface area contributed by atoms with Crippen molar-refractivity contribution in [3.63, 3.8) is 0 Å². The van der Waals surface area contributed by atoms with Crippen LogP contribution in [-0.2, 0) is 19.8 Å². The van der Waals surface area contributed by atoms with Gasteiger partial charge in [-0.05, 0) is 67.4 Å². The molecule has 2 aromatic carbocycles. The predicted octanol–water partition coefficient (Wildman–Crippen LogP) is 8.30. The summed E-state index contributed by atoms with van der Waals surface area (Å²) >= 11 is 0. The lowest BCUT2D eigenvalue weighted by Gasteiger charge is -2.38. The third-order valence-corrected chi connectivity index (χ3v) is 12.8. The van der Waals surface area contributed by atoms with Crippen LogP contribution in [0.2, 0.25) is 0 Å². The number of nitrogens with zero attached hydrogens (tertiary/aromatic N) is 1. The molecule has 4 atom stereocenters. The lowest BCUT2D eigenvalue weighted by atomic mass is 9.69. The zero-order valence-electron chi connectivity index (χ0n) is 22.8. The molecular formula is C31H41NO3S2. The summed E-state index contributed by atoms with van der Waals surface area (Å²) in [5.74, 6) is 1.68. The monoisotopic (exact) mass is 539 g/mol. The normalized spacial score (nSPS) is 24.1. The fourth-order valence-electron chi connectivity index (χ4n) is 6.22. The van der Waals surface area contributed by atoms with Crippen molar-refractivity contribution in [2.45, 2.75) is 82.9 Å². The van der Waals surface area contributed by atoms with Gasteiger partial charge in [-0.15, -0.1) is 0 Å². The number of hydrogen-bond donors (Lipinski definition) is 0. The largest absolute Gasteiger partial charge is 0.290 e.